The van der Waals surface area contributed by atoms with E-state index in [9.17, 15) is 4.79 Å². The largest absolute Gasteiger partial charge is 0.449 e. The number of aromatic amines is 1. The number of benzene rings is 1. The van der Waals surface area contributed by atoms with E-state index < -0.39 is 0 Å². The normalized spacial score (nSPS) is 11.4. The molecule has 0 saturated heterocycles. The van der Waals surface area contributed by atoms with Gasteiger partial charge in [-0.3, -0.25) is 4.79 Å². The number of nitrogens with one attached hydrogen (secondary N) is 1. The van der Waals surface area contributed by atoms with Gasteiger partial charge in [0.25, 0.3) is 5.56 Å². The minimum Gasteiger partial charge on any atom is -0.449 e. The number of furan rings is 1. The van der Waals surface area contributed by atoms with Crippen LogP contribution >= 0.6 is 15.9 Å². The van der Waals surface area contributed by atoms with E-state index >= 15 is 0 Å². The van der Waals surface area contributed by atoms with Gasteiger partial charge in [0.05, 0.1) is 6.54 Å². The Labute approximate surface area is 104 Å². The highest BCUT2D eigenvalue weighted by molar-refractivity contribution is 9.10. The van der Waals surface area contributed by atoms with Crippen molar-refractivity contribution in [2.45, 2.75) is 6.54 Å². The molecule has 17 heavy (non-hydrogen) atoms. The summed E-state index contributed by atoms with van der Waals surface area (Å²) in [6.07, 6.45) is 0. The van der Waals surface area contributed by atoms with Gasteiger partial charge >= 0.3 is 0 Å². The van der Waals surface area contributed by atoms with Crippen LogP contribution in [0.3, 0.4) is 0 Å². The van der Waals surface area contributed by atoms with Crippen molar-refractivity contribution >= 4 is 38.0 Å². The fourth-order valence-corrected chi connectivity index (χ4v) is 2.13. The molecule has 0 atom stereocenters. The fourth-order valence-electron chi connectivity index (χ4n) is 1.77. The first-order chi connectivity index (χ1) is 8.19. The zero-order valence-corrected chi connectivity index (χ0v) is 10.2. The van der Waals surface area contributed by atoms with Crippen molar-refractivity contribution in [1.82, 2.24) is 9.97 Å². The van der Waals surface area contributed by atoms with Gasteiger partial charge in [-0.05, 0) is 18.2 Å². The Morgan fingerprint density at radius 3 is 3.06 bits per heavy atom. The highest BCUT2D eigenvalue weighted by atomic mass is 79.9. The van der Waals surface area contributed by atoms with Crippen molar-refractivity contribution in [2.75, 3.05) is 0 Å². The topological polar surface area (TPSA) is 84.9 Å². The van der Waals surface area contributed by atoms with Crippen LogP contribution in [0.25, 0.3) is 22.1 Å². The number of fused-ring (bicyclic) bond motifs is 3. The van der Waals surface area contributed by atoms with Gasteiger partial charge in [0.1, 0.15) is 16.9 Å². The molecule has 0 aliphatic heterocycles. The average Bonchev–Trinajstić information content (AvgIpc) is 2.68. The maximum Gasteiger partial charge on any atom is 0.294 e. The number of rotatable bonds is 1. The summed E-state index contributed by atoms with van der Waals surface area (Å²) < 4.78 is 6.38. The third-order valence-electron chi connectivity index (χ3n) is 2.53. The zero-order chi connectivity index (χ0) is 12.0. The van der Waals surface area contributed by atoms with Gasteiger partial charge in [0.15, 0.2) is 0 Å². The molecule has 0 unspecified atom stereocenters. The minimum absolute atomic E-state index is 0.186. The van der Waals surface area contributed by atoms with Crippen LogP contribution in [0.5, 0.6) is 0 Å². The first kappa shape index (κ1) is 10.5. The lowest BCUT2D eigenvalue weighted by Crippen LogP contribution is -2.13. The van der Waals surface area contributed by atoms with E-state index in [0.29, 0.717) is 16.9 Å². The summed E-state index contributed by atoms with van der Waals surface area (Å²) in [5.41, 5.74) is 6.59. The van der Waals surface area contributed by atoms with Crippen LogP contribution in [0.15, 0.2) is 31.9 Å². The molecule has 3 N–H and O–H groups in total. The molecule has 5 nitrogen and oxygen atoms in total. The Morgan fingerprint density at radius 1 is 1.47 bits per heavy atom. The lowest BCUT2D eigenvalue weighted by atomic mass is 10.2. The second-order valence-electron chi connectivity index (χ2n) is 3.64. The molecule has 0 aliphatic carbocycles. The molecule has 0 bridgehead atoms. The molecule has 3 aromatic rings. The van der Waals surface area contributed by atoms with Gasteiger partial charge in [0, 0.05) is 9.86 Å². The monoisotopic (exact) mass is 293 g/mol. The van der Waals surface area contributed by atoms with E-state index in [1.807, 2.05) is 12.1 Å². The lowest BCUT2D eigenvalue weighted by Gasteiger charge is -1.95. The molecule has 0 spiro atoms. The van der Waals surface area contributed by atoms with Crippen molar-refractivity contribution < 1.29 is 4.42 Å². The summed E-state index contributed by atoms with van der Waals surface area (Å²) in [6.45, 7) is 0.186. The highest BCUT2D eigenvalue weighted by Gasteiger charge is 2.12. The quantitative estimate of drug-likeness (QED) is 0.717. The number of hydrogen-bond donors (Lipinski definition) is 2. The Kier molecular flexibility index (Phi) is 2.27. The van der Waals surface area contributed by atoms with Gasteiger partial charge in [-0.25, -0.2) is 4.98 Å². The number of nitrogens with zero attached hydrogens (tertiary/aromatic N) is 1. The van der Waals surface area contributed by atoms with Crippen molar-refractivity contribution in [3.8, 4) is 0 Å². The second kappa shape index (κ2) is 3.68. The van der Waals surface area contributed by atoms with Crippen molar-refractivity contribution in [3.63, 3.8) is 0 Å². The molecule has 0 fully saturated rings. The maximum atomic E-state index is 11.8. The molecule has 1 aromatic carbocycles. The van der Waals surface area contributed by atoms with Crippen LogP contribution in [-0.4, -0.2) is 9.97 Å². The number of halogens is 1. The summed E-state index contributed by atoms with van der Waals surface area (Å²) in [7, 11) is 0. The summed E-state index contributed by atoms with van der Waals surface area (Å²) >= 11 is 3.38. The number of hydrogen-bond acceptors (Lipinski definition) is 4. The molecule has 0 aliphatic rings. The molecule has 6 heteroatoms. The molecular formula is C11H8BrN3O2. The van der Waals surface area contributed by atoms with Crippen LogP contribution in [0.4, 0.5) is 0 Å². The van der Waals surface area contributed by atoms with Crippen LogP contribution < -0.4 is 11.3 Å². The van der Waals surface area contributed by atoms with Gasteiger partial charge in [-0.2, -0.15) is 0 Å². The zero-order valence-electron chi connectivity index (χ0n) is 8.66. The smallest absolute Gasteiger partial charge is 0.294 e. The maximum absolute atomic E-state index is 11.8. The molecule has 2 aromatic heterocycles. The molecule has 0 saturated carbocycles. The number of nitrogens with two attached hydrogens (primary N) is 1. The Bertz CT molecular complexity index is 775. The van der Waals surface area contributed by atoms with E-state index in [0.717, 1.165) is 9.86 Å². The van der Waals surface area contributed by atoms with Gasteiger partial charge in [-0.15, -0.1) is 0 Å². The SMILES string of the molecule is NCc1nc2c(oc3ccc(Br)cc32)c(=O)[nH]1. The first-order valence-electron chi connectivity index (χ1n) is 5.00. The van der Waals surface area contributed by atoms with E-state index in [-0.39, 0.29) is 17.7 Å². The standard InChI is InChI=1S/C11H8BrN3O2/c12-5-1-2-7-6(3-5)9-10(17-7)11(16)15-8(4-13)14-9/h1-3H,4,13H2,(H,14,15,16). The van der Waals surface area contributed by atoms with E-state index in [4.69, 9.17) is 10.2 Å². The van der Waals surface area contributed by atoms with Crippen molar-refractivity contribution in [3.05, 3.63) is 38.9 Å². The Morgan fingerprint density at radius 2 is 2.29 bits per heavy atom. The molecule has 0 radical (unpaired) electrons. The molecule has 86 valence electrons. The predicted molar refractivity (Wildman–Crippen MR) is 67.7 cm³/mol. The minimum atomic E-state index is -0.303. The first-order valence-corrected chi connectivity index (χ1v) is 5.79. The number of aromatic nitrogens is 2. The van der Waals surface area contributed by atoms with E-state index in [1.54, 1.807) is 6.07 Å². The third kappa shape index (κ3) is 1.57. The average molecular weight is 294 g/mol. The lowest BCUT2D eigenvalue weighted by molar-refractivity contribution is 0.659. The molecule has 2 heterocycles. The van der Waals surface area contributed by atoms with E-state index in [2.05, 4.69) is 25.9 Å². The van der Waals surface area contributed by atoms with Gasteiger partial charge in [0.2, 0.25) is 5.58 Å². The van der Waals surface area contributed by atoms with Gasteiger partial charge in [-0.1, -0.05) is 15.9 Å². The summed E-state index contributed by atoms with van der Waals surface area (Å²) in [4.78, 5) is 18.6. The van der Waals surface area contributed by atoms with Crippen LogP contribution in [0, 0.1) is 0 Å². The second-order valence-corrected chi connectivity index (χ2v) is 4.55. The summed E-state index contributed by atoms with van der Waals surface area (Å²) in [5, 5.41) is 0.801. The van der Waals surface area contributed by atoms with Crippen molar-refractivity contribution in [1.29, 1.82) is 0 Å². The third-order valence-corrected chi connectivity index (χ3v) is 3.02. The molecule has 0 amide bonds. The van der Waals surface area contributed by atoms with Crippen LogP contribution in [0.2, 0.25) is 0 Å². The summed E-state index contributed by atoms with van der Waals surface area (Å²) in [5.74, 6) is 0.449. The van der Waals surface area contributed by atoms with Crippen molar-refractivity contribution in [2.24, 2.45) is 5.73 Å². The summed E-state index contributed by atoms with van der Waals surface area (Å²) in [6, 6.07) is 5.51. The molecular weight excluding hydrogens is 286 g/mol. The predicted octanol–water partition coefficient (Wildman–Crippen LogP) is 1.89. The van der Waals surface area contributed by atoms with E-state index in [1.165, 1.54) is 0 Å². The highest BCUT2D eigenvalue weighted by Crippen LogP contribution is 2.27. The van der Waals surface area contributed by atoms with Crippen LogP contribution in [-0.2, 0) is 6.54 Å². The fraction of sp³-hybridized carbons (Fsp3) is 0.0909. The molecule has 3 rings (SSSR count). The van der Waals surface area contributed by atoms with Crippen LogP contribution in [0.1, 0.15) is 5.82 Å². The Balaban J connectivity index is 2.54. The van der Waals surface area contributed by atoms with Gasteiger partial charge < -0.3 is 15.1 Å². The Hall–Kier alpha value is -1.66. The number of H-pyrrole nitrogens is 1.